The second-order valence-electron chi connectivity index (χ2n) is 4.93. The lowest BCUT2D eigenvalue weighted by Crippen LogP contribution is -2.38. The van der Waals surface area contributed by atoms with E-state index in [4.69, 9.17) is 16.3 Å². The third kappa shape index (κ3) is 6.60. The molecule has 0 unspecified atom stereocenters. The molecule has 116 valence electrons. The highest BCUT2D eigenvalue weighted by Crippen LogP contribution is 2.19. The molecule has 0 saturated heterocycles. The molecule has 2 atom stereocenters. The van der Waals surface area contributed by atoms with Crippen molar-refractivity contribution in [2.45, 2.75) is 32.4 Å². The van der Waals surface area contributed by atoms with Crippen LogP contribution in [0.25, 0.3) is 0 Å². The van der Waals surface area contributed by atoms with Gasteiger partial charge in [-0.1, -0.05) is 23.7 Å². The van der Waals surface area contributed by atoms with Gasteiger partial charge in [-0.3, -0.25) is 9.59 Å². The van der Waals surface area contributed by atoms with Crippen LogP contribution in [0.4, 0.5) is 0 Å². The molecule has 5 nitrogen and oxygen atoms in total. The maximum atomic E-state index is 12.0. The van der Waals surface area contributed by atoms with Crippen LogP contribution in [0, 0.1) is 0 Å². The molecule has 0 radical (unpaired) electrons. The highest BCUT2D eigenvalue weighted by atomic mass is 35.5. The second-order valence-corrected chi connectivity index (χ2v) is 5.37. The van der Waals surface area contributed by atoms with E-state index < -0.39 is 0 Å². The maximum Gasteiger partial charge on any atom is 0.222 e. The number of amides is 2. The van der Waals surface area contributed by atoms with Crippen LogP contribution >= 0.6 is 11.6 Å². The molecule has 2 N–H and O–H groups in total. The number of halogens is 1. The summed E-state index contributed by atoms with van der Waals surface area (Å²) in [5, 5.41) is 6.21. The van der Waals surface area contributed by atoms with E-state index in [1.54, 1.807) is 31.4 Å². The average molecular weight is 313 g/mol. The SMILES string of the molecule is COC[C@H](C)NC(=O)C[C@H](NC(C)=O)c1ccc(Cl)cc1. The minimum Gasteiger partial charge on any atom is -0.383 e. The molecule has 0 aromatic heterocycles. The average Bonchev–Trinajstić information content (AvgIpc) is 2.38. The first kappa shape index (κ1) is 17.5. The van der Waals surface area contributed by atoms with Crippen LogP contribution in [0.15, 0.2) is 24.3 Å². The zero-order valence-corrected chi connectivity index (χ0v) is 13.2. The van der Waals surface area contributed by atoms with Gasteiger partial charge in [-0.15, -0.1) is 0 Å². The maximum absolute atomic E-state index is 12.0. The van der Waals surface area contributed by atoms with Crippen molar-refractivity contribution in [2.24, 2.45) is 0 Å². The van der Waals surface area contributed by atoms with Crippen molar-refractivity contribution in [3.05, 3.63) is 34.9 Å². The van der Waals surface area contributed by atoms with E-state index in [9.17, 15) is 9.59 Å². The number of benzene rings is 1. The van der Waals surface area contributed by atoms with Crippen LogP contribution in [0.2, 0.25) is 5.02 Å². The number of carbonyl (C=O) groups is 2. The van der Waals surface area contributed by atoms with E-state index in [2.05, 4.69) is 10.6 Å². The first-order valence-corrected chi connectivity index (χ1v) is 7.11. The summed E-state index contributed by atoms with van der Waals surface area (Å²) in [4.78, 5) is 23.3. The number of methoxy groups -OCH3 is 1. The summed E-state index contributed by atoms with van der Waals surface area (Å²) < 4.78 is 4.97. The molecule has 0 aliphatic rings. The Bertz CT molecular complexity index is 476. The lowest BCUT2D eigenvalue weighted by molar-refractivity contribution is -0.123. The molecule has 1 aromatic carbocycles. The van der Waals surface area contributed by atoms with Crippen LogP contribution in [0.1, 0.15) is 31.9 Å². The molecular weight excluding hydrogens is 292 g/mol. The Morgan fingerprint density at radius 3 is 2.38 bits per heavy atom. The smallest absolute Gasteiger partial charge is 0.222 e. The summed E-state index contributed by atoms with van der Waals surface area (Å²) in [6, 6.07) is 6.61. The molecule has 2 amide bonds. The van der Waals surface area contributed by atoms with Crippen molar-refractivity contribution in [3.63, 3.8) is 0 Å². The molecule has 0 saturated carbocycles. The topological polar surface area (TPSA) is 67.4 Å². The predicted octanol–water partition coefficient (Wildman–Crippen LogP) is 2.06. The Morgan fingerprint density at radius 1 is 1.24 bits per heavy atom. The lowest BCUT2D eigenvalue weighted by Gasteiger charge is -2.20. The molecular formula is C15H21ClN2O3. The van der Waals surface area contributed by atoms with Crippen LogP contribution in [0.5, 0.6) is 0 Å². The predicted molar refractivity (Wildman–Crippen MR) is 82.1 cm³/mol. The van der Waals surface area contributed by atoms with E-state index in [1.807, 2.05) is 6.92 Å². The van der Waals surface area contributed by atoms with Crippen molar-refractivity contribution in [3.8, 4) is 0 Å². The molecule has 0 bridgehead atoms. The number of rotatable bonds is 7. The first-order valence-electron chi connectivity index (χ1n) is 6.73. The van der Waals surface area contributed by atoms with Crippen molar-refractivity contribution < 1.29 is 14.3 Å². The Balaban J connectivity index is 2.72. The molecule has 1 rings (SSSR count). The van der Waals surface area contributed by atoms with Crippen LogP contribution in [-0.2, 0) is 14.3 Å². The van der Waals surface area contributed by atoms with Crippen LogP contribution in [0.3, 0.4) is 0 Å². The Hall–Kier alpha value is -1.59. The zero-order chi connectivity index (χ0) is 15.8. The first-order chi connectivity index (χ1) is 9.92. The van der Waals surface area contributed by atoms with Crippen molar-refractivity contribution >= 4 is 23.4 Å². The van der Waals surface area contributed by atoms with E-state index in [0.717, 1.165) is 5.56 Å². The Kier molecular flexibility index (Phi) is 7.19. The van der Waals surface area contributed by atoms with E-state index >= 15 is 0 Å². The normalized spacial score (nSPS) is 13.3. The molecule has 6 heteroatoms. The highest BCUT2D eigenvalue weighted by molar-refractivity contribution is 6.30. The number of hydrogen-bond donors (Lipinski definition) is 2. The van der Waals surface area contributed by atoms with Crippen molar-refractivity contribution in [1.29, 1.82) is 0 Å². The van der Waals surface area contributed by atoms with Gasteiger partial charge in [0.25, 0.3) is 0 Å². The molecule has 0 fully saturated rings. The fraction of sp³-hybridized carbons (Fsp3) is 0.467. The van der Waals surface area contributed by atoms with Crippen LogP contribution in [-0.4, -0.2) is 31.6 Å². The van der Waals surface area contributed by atoms with Crippen molar-refractivity contribution in [2.75, 3.05) is 13.7 Å². The zero-order valence-electron chi connectivity index (χ0n) is 12.5. The summed E-state index contributed by atoms with van der Waals surface area (Å²) in [6.07, 6.45) is 0.162. The minimum absolute atomic E-state index is 0.0781. The fourth-order valence-electron chi connectivity index (χ4n) is 2.00. The van der Waals surface area contributed by atoms with E-state index in [0.29, 0.717) is 11.6 Å². The van der Waals surface area contributed by atoms with Gasteiger partial charge >= 0.3 is 0 Å². The summed E-state index contributed by atoms with van der Waals surface area (Å²) >= 11 is 5.85. The van der Waals surface area contributed by atoms with Gasteiger partial charge in [0.05, 0.1) is 19.1 Å². The molecule has 0 aliphatic carbocycles. The third-order valence-corrected chi connectivity index (χ3v) is 3.12. The van der Waals surface area contributed by atoms with E-state index in [1.165, 1.54) is 6.92 Å². The largest absolute Gasteiger partial charge is 0.383 e. The van der Waals surface area contributed by atoms with E-state index in [-0.39, 0.29) is 30.3 Å². The second kappa shape index (κ2) is 8.64. The number of nitrogens with one attached hydrogen (secondary N) is 2. The van der Waals surface area contributed by atoms with Crippen LogP contribution < -0.4 is 10.6 Å². The molecule has 0 heterocycles. The lowest BCUT2D eigenvalue weighted by atomic mass is 10.0. The van der Waals surface area contributed by atoms with Gasteiger partial charge in [-0.05, 0) is 24.6 Å². The third-order valence-electron chi connectivity index (χ3n) is 2.86. The fourth-order valence-corrected chi connectivity index (χ4v) is 2.13. The quantitative estimate of drug-likeness (QED) is 0.810. The minimum atomic E-state index is -0.380. The van der Waals surface area contributed by atoms with Gasteiger partial charge in [-0.2, -0.15) is 0 Å². The van der Waals surface area contributed by atoms with Crippen molar-refractivity contribution in [1.82, 2.24) is 10.6 Å². The molecule has 1 aromatic rings. The molecule has 21 heavy (non-hydrogen) atoms. The standard InChI is InChI=1S/C15H21ClN2O3/c1-10(9-21-3)17-15(20)8-14(18-11(2)19)12-4-6-13(16)7-5-12/h4-7,10,14H,8-9H2,1-3H3,(H,17,20)(H,18,19)/t10-,14-/m0/s1. The Labute approximate surface area is 130 Å². The summed E-state index contributed by atoms with van der Waals surface area (Å²) in [7, 11) is 1.58. The van der Waals surface area contributed by atoms with Gasteiger partial charge in [0.15, 0.2) is 0 Å². The van der Waals surface area contributed by atoms with Gasteiger partial charge < -0.3 is 15.4 Å². The van der Waals surface area contributed by atoms with Gasteiger partial charge in [0.1, 0.15) is 0 Å². The Morgan fingerprint density at radius 2 is 1.86 bits per heavy atom. The summed E-state index contributed by atoms with van der Waals surface area (Å²) in [5.74, 6) is -0.332. The summed E-state index contributed by atoms with van der Waals surface area (Å²) in [6.45, 7) is 3.73. The number of hydrogen-bond acceptors (Lipinski definition) is 3. The van der Waals surface area contributed by atoms with Gasteiger partial charge in [0, 0.05) is 25.1 Å². The monoisotopic (exact) mass is 312 g/mol. The number of carbonyl (C=O) groups excluding carboxylic acids is 2. The van der Waals surface area contributed by atoms with Gasteiger partial charge in [-0.25, -0.2) is 0 Å². The molecule has 0 spiro atoms. The summed E-state index contributed by atoms with van der Waals surface area (Å²) in [5.41, 5.74) is 0.837. The number of ether oxygens (including phenoxy) is 1. The molecule has 0 aliphatic heterocycles. The van der Waals surface area contributed by atoms with Gasteiger partial charge in [0.2, 0.25) is 11.8 Å². The highest BCUT2D eigenvalue weighted by Gasteiger charge is 2.18.